The fraction of sp³-hybridized carbons (Fsp3) is 0.882. The molecule has 16 heteroatoms. The van der Waals surface area contributed by atoms with Crippen molar-refractivity contribution < 1.29 is 62.6 Å². The maximum Gasteiger partial charge on any atom is 0.508 e. The molecule has 0 amide bonds. The Morgan fingerprint density at radius 3 is 1.85 bits per heavy atom. The van der Waals surface area contributed by atoms with E-state index < -0.39 is 65.2 Å². The van der Waals surface area contributed by atoms with Gasteiger partial charge < -0.3 is 14.6 Å². The van der Waals surface area contributed by atoms with Crippen LogP contribution in [0.25, 0.3) is 0 Å². The predicted octanol–water partition coefficient (Wildman–Crippen LogP) is 3.36. The number of alkyl halides is 6. The van der Waals surface area contributed by atoms with E-state index in [1.807, 2.05) is 0 Å². The molecule has 8 nitrogen and oxygen atoms in total. The molecule has 0 aromatic carbocycles. The van der Waals surface area contributed by atoms with E-state index in [1.54, 1.807) is 0 Å². The molecule has 4 aliphatic rings. The highest BCUT2D eigenvalue weighted by atomic mass is 32.3. The Morgan fingerprint density at radius 2 is 1.45 bits per heavy atom. The number of halogens is 6. The molecule has 1 N–H and O–H groups in total. The lowest BCUT2D eigenvalue weighted by atomic mass is 9.52. The lowest BCUT2D eigenvalue weighted by Gasteiger charge is -2.58. The van der Waals surface area contributed by atoms with E-state index in [9.17, 15) is 53.1 Å². The summed E-state index contributed by atoms with van der Waals surface area (Å²) in [6.45, 7) is 0.728. The van der Waals surface area contributed by atoms with E-state index >= 15 is 0 Å². The van der Waals surface area contributed by atoms with Gasteiger partial charge in [0.15, 0.2) is 0 Å². The molecule has 0 aliphatic heterocycles. The van der Waals surface area contributed by atoms with E-state index in [0.717, 1.165) is 13.3 Å². The lowest BCUT2D eigenvalue weighted by Crippen LogP contribution is -2.60. The van der Waals surface area contributed by atoms with Gasteiger partial charge in [0, 0.05) is 6.42 Å². The third kappa shape index (κ3) is 4.92. The molecule has 192 valence electrons. The summed E-state index contributed by atoms with van der Waals surface area (Å²) in [6.07, 6.45) is -2.73. The fourth-order valence-corrected chi connectivity index (χ4v) is 8.66. The largest absolute Gasteiger partial charge is 0.508 e. The number of rotatable bonds is 6. The van der Waals surface area contributed by atoms with Gasteiger partial charge in [0.2, 0.25) is 0 Å². The van der Waals surface area contributed by atoms with Crippen molar-refractivity contribution in [2.45, 2.75) is 80.2 Å². The second-order valence-electron chi connectivity index (χ2n) is 9.12. The van der Waals surface area contributed by atoms with Gasteiger partial charge in [-0.25, -0.2) is 4.79 Å². The normalized spacial score (nSPS) is 33.2. The molecule has 4 saturated carbocycles. The van der Waals surface area contributed by atoms with Crippen LogP contribution < -0.4 is 0 Å². The maximum atomic E-state index is 12.8. The smallest absolute Gasteiger partial charge is 0.434 e. The van der Waals surface area contributed by atoms with Gasteiger partial charge in [0.25, 0.3) is 0 Å². The zero-order valence-electron chi connectivity index (χ0n) is 17.1. The fourth-order valence-electron chi connectivity index (χ4n) is 5.51. The third-order valence-corrected chi connectivity index (χ3v) is 10.3. The third-order valence-electron chi connectivity index (χ3n) is 6.24. The molecular weight excluding hydrogens is 510 g/mol. The molecule has 3 unspecified atom stereocenters. The number of aliphatic hydroxyl groups is 1. The monoisotopic (exact) mass is 531 g/mol. The van der Waals surface area contributed by atoms with Gasteiger partial charge in [-0.05, 0) is 50.9 Å². The van der Waals surface area contributed by atoms with Crippen LogP contribution in [0.2, 0.25) is 0 Å². The molecule has 0 radical (unpaired) electrons. The van der Waals surface area contributed by atoms with Crippen LogP contribution in [-0.2, 0) is 29.1 Å². The molecule has 0 heterocycles. The van der Waals surface area contributed by atoms with E-state index in [-0.39, 0.29) is 18.3 Å². The van der Waals surface area contributed by atoms with E-state index in [4.69, 9.17) is 4.74 Å². The summed E-state index contributed by atoms with van der Waals surface area (Å²) in [4.78, 5) is 12.2. The quantitative estimate of drug-likeness (QED) is 0.314. The number of carbonyl (C=O) groups is 1. The Bertz CT molecular complexity index is 946. The Morgan fingerprint density at radius 1 is 1.00 bits per heavy atom. The van der Waals surface area contributed by atoms with E-state index in [0.29, 0.717) is 25.7 Å². The first-order valence-corrected chi connectivity index (χ1v) is 12.8. The Kier molecular flexibility index (Phi) is 6.27. The summed E-state index contributed by atoms with van der Waals surface area (Å²) in [5.41, 5.74) is -14.9. The van der Waals surface area contributed by atoms with Gasteiger partial charge in [-0.2, -0.15) is 26.3 Å². The minimum atomic E-state index is -6.92. The van der Waals surface area contributed by atoms with Crippen LogP contribution in [0.1, 0.15) is 51.9 Å². The van der Waals surface area contributed by atoms with Crippen molar-refractivity contribution >= 4 is 25.8 Å². The van der Waals surface area contributed by atoms with Crippen molar-refractivity contribution in [3.63, 3.8) is 0 Å². The number of ether oxygens (including phenoxy) is 2. The average molecular weight is 531 g/mol. The Labute approximate surface area is 185 Å². The Hall–Kier alpha value is -1.29. The zero-order valence-corrected chi connectivity index (χ0v) is 18.7. The van der Waals surface area contributed by atoms with E-state index in [2.05, 4.69) is 4.74 Å². The van der Waals surface area contributed by atoms with Gasteiger partial charge in [-0.3, -0.25) is 16.8 Å². The summed E-state index contributed by atoms with van der Waals surface area (Å²) in [6, 6.07) is 0. The molecule has 0 saturated heterocycles. The summed E-state index contributed by atoms with van der Waals surface area (Å²) in [7, 11) is -13.8. The molecule has 3 atom stereocenters. The van der Waals surface area contributed by atoms with Crippen molar-refractivity contribution in [3.8, 4) is 0 Å². The summed E-state index contributed by atoms with van der Waals surface area (Å²) in [5, 5.41) is 10.6. The first-order chi connectivity index (χ1) is 14.7. The van der Waals surface area contributed by atoms with E-state index in [1.165, 1.54) is 0 Å². The second kappa shape index (κ2) is 7.86. The van der Waals surface area contributed by atoms with Gasteiger partial charge >= 0.3 is 17.2 Å². The number of carbonyl (C=O) groups excluding carboxylic acids is 1. The molecular formula is C17H21F6O8S2-. The van der Waals surface area contributed by atoms with Crippen LogP contribution in [-0.4, -0.2) is 56.4 Å². The molecule has 0 spiro atoms. The highest BCUT2D eigenvalue weighted by molar-refractivity contribution is 8.13. The summed E-state index contributed by atoms with van der Waals surface area (Å²) < 4.78 is 130. The number of hydrogen-bond acceptors (Lipinski definition) is 8. The summed E-state index contributed by atoms with van der Waals surface area (Å²) in [5.74, 6) is 0.130. The lowest BCUT2D eigenvalue weighted by molar-refractivity contribution is -0.206. The van der Waals surface area contributed by atoms with Crippen LogP contribution in [0.4, 0.5) is 31.1 Å². The van der Waals surface area contributed by atoms with Crippen molar-refractivity contribution in [1.29, 1.82) is 0 Å². The molecule has 4 bridgehead atoms. The minimum absolute atomic E-state index is 0.0651. The topological polar surface area (TPSA) is 124 Å². The zero-order chi connectivity index (χ0) is 25.3. The van der Waals surface area contributed by atoms with Gasteiger partial charge in [-0.1, -0.05) is 4.58 Å². The van der Waals surface area contributed by atoms with Gasteiger partial charge in [-0.15, -0.1) is 6.42 Å². The minimum Gasteiger partial charge on any atom is -0.434 e. The predicted molar refractivity (Wildman–Crippen MR) is 97.2 cm³/mol. The first-order valence-electron chi connectivity index (χ1n) is 9.80. The van der Waals surface area contributed by atoms with Gasteiger partial charge in [0.05, 0.1) is 11.7 Å². The highest BCUT2D eigenvalue weighted by Crippen LogP contribution is 2.59. The standard InChI is InChI=1S/C17H21F6O8S2/c1-9(2-12(32(26,27)16(18,19)20)33(28,29)17(21,22)23)30-13(24)31-15-6-10-3-11(7-15)5-14(25,4-10)8-15/h9-11,25H,2-8H2,1H3/q-1. The average Bonchev–Trinajstić information content (AvgIpc) is 2.54. The van der Waals surface area contributed by atoms with Crippen molar-refractivity contribution in [1.82, 2.24) is 0 Å². The number of sulfone groups is 2. The molecule has 4 aliphatic carbocycles. The van der Waals surface area contributed by atoms with Gasteiger partial charge in [0.1, 0.15) is 25.3 Å². The molecule has 0 aromatic heterocycles. The van der Waals surface area contributed by atoms with Crippen LogP contribution in [0.5, 0.6) is 0 Å². The van der Waals surface area contributed by atoms with Crippen LogP contribution in [0.3, 0.4) is 0 Å². The number of hydrogen-bond donors (Lipinski definition) is 1. The highest BCUT2D eigenvalue weighted by Gasteiger charge is 2.59. The SMILES string of the molecule is CC(C[C-](S(=O)(=O)C(F)(F)F)S(=O)(=O)C(F)(F)F)OC(=O)OC12CC3CC(CC(O)(C3)C1)C2. The van der Waals surface area contributed by atoms with Crippen LogP contribution >= 0.6 is 0 Å². The molecule has 4 rings (SSSR count). The van der Waals surface area contributed by atoms with Crippen molar-refractivity contribution in [2.24, 2.45) is 11.8 Å². The van der Waals surface area contributed by atoms with Crippen molar-refractivity contribution in [3.05, 3.63) is 4.58 Å². The molecule has 33 heavy (non-hydrogen) atoms. The Balaban J connectivity index is 1.74. The second-order valence-corrected chi connectivity index (χ2v) is 13.3. The first kappa shape index (κ1) is 26.3. The van der Waals surface area contributed by atoms with Crippen molar-refractivity contribution in [2.75, 3.05) is 0 Å². The summed E-state index contributed by atoms with van der Waals surface area (Å²) >= 11 is 0. The van der Waals surface area contributed by atoms with Crippen LogP contribution in [0.15, 0.2) is 0 Å². The molecule has 0 aromatic rings. The maximum absolute atomic E-state index is 12.8. The van der Waals surface area contributed by atoms with Crippen LogP contribution in [0, 0.1) is 16.4 Å². The molecule has 4 fully saturated rings.